The maximum atomic E-state index is 12.1. The molecule has 0 aliphatic rings. The smallest absolute Gasteiger partial charge is 0.330 e. The molecule has 0 atom stereocenters. The van der Waals surface area contributed by atoms with Crippen molar-refractivity contribution < 1.29 is 18.0 Å². The number of hydrogen-bond donors (Lipinski definition) is 1. The van der Waals surface area contributed by atoms with Gasteiger partial charge in [0.1, 0.15) is 0 Å². The van der Waals surface area contributed by atoms with Gasteiger partial charge in [-0.2, -0.15) is 13.2 Å². The van der Waals surface area contributed by atoms with Crippen molar-refractivity contribution in [2.75, 3.05) is 6.54 Å². The standard InChI is InChI=1S/C12H12F3NO/c13-12(14,15)11(17)10-6-4-9(5-7-10)3-1-2-8-16/h1,3-7H,2,8,16H2. The lowest BCUT2D eigenvalue weighted by Crippen LogP contribution is -2.22. The molecule has 2 N–H and O–H groups in total. The Morgan fingerprint density at radius 3 is 2.29 bits per heavy atom. The highest BCUT2D eigenvalue weighted by atomic mass is 19.4. The second-order valence-electron chi connectivity index (χ2n) is 3.43. The van der Waals surface area contributed by atoms with Crippen LogP contribution in [0.2, 0.25) is 0 Å². The Morgan fingerprint density at radius 1 is 1.24 bits per heavy atom. The quantitative estimate of drug-likeness (QED) is 0.826. The van der Waals surface area contributed by atoms with E-state index in [0.29, 0.717) is 13.0 Å². The fraction of sp³-hybridized carbons (Fsp3) is 0.250. The number of hydrogen-bond acceptors (Lipinski definition) is 2. The molecule has 0 aromatic heterocycles. The van der Waals surface area contributed by atoms with E-state index in [9.17, 15) is 18.0 Å². The Balaban J connectivity index is 2.78. The number of nitrogens with two attached hydrogens (primary N) is 1. The molecule has 0 fully saturated rings. The first-order valence-corrected chi connectivity index (χ1v) is 5.03. The summed E-state index contributed by atoms with van der Waals surface area (Å²) in [5.41, 5.74) is 5.66. The van der Waals surface area contributed by atoms with Crippen molar-refractivity contribution in [1.82, 2.24) is 0 Å². The van der Waals surface area contributed by atoms with Gasteiger partial charge in [0.2, 0.25) is 0 Å². The van der Waals surface area contributed by atoms with Gasteiger partial charge in [-0.3, -0.25) is 4.79 Å². The van der Waals surface area contributed by atoms with E-state index in [0.717, 1.165) is 17.7 Å². The molecular formula is C12H12F3NO. The summed E-state index contributed by atoms with van der Waals surface area (Å²) in [7, 11) is 0. The highest BCUT2D eigenvalue weighted by molar-refractivity contribution is 6.00. The molecule has 1 aromatic carbocycles. The number of benzene rings is 1. The normalized spacial score (nSPS) is 12.0. The van der Waals surface area contributed by atoms with E-state index < -0.39 is 12.0 Å². The van der Waals surface area contributed by atoms with E-state index >= 15 is 0 Å². The molecule has 0 heterocycles. The van der Waals surface area contributed by atoms with Crippen LogP contribution in [0.1, 0.15) is 22.3 Å². The largest absolute Gasteiger partial charge is 0.454 e. The van der Waals surface area contributed by atoms with Crippen LogP contribution in [0.4, 0.5) is 13.2 Å². The number of rotatable bonds is 4. The lowest BCUT2D eigenvalue weighted by molar-refractivity contribution is -0.0885. The van der Waals surface area contributed by atoms with Crippen molar-refractivity contribution in [3.05, 3.63) is 41.5 Å². The molecule has 0 spiro atoms. The van der Waals surface area contributed by atoms with Crippen LogP contribution in [0, 0.1) is 0 Å². The van der Waals surface area contributed by atoms with Gasteiger partial charge in [-0.25, -0.2) is 0 Å². The third-order valence-corrected chi connectivity index (χ3v) is 2.07. The van der Waals surface area contributed by atoms with E-state index in [1.165, 1.54) is 12.1 Å². The molecule has 1 aromatic rings. The van der Waals surface area contributed by atoms with Crippen LogP contribution in [-0.4, -0.2) is 18.5 Å². The van der Waals surface area contributed by atoms with Gasteiger partial charge in [-0.05, 0) is 18.5 Å². The molecular weight excluding hydrogens is 231 g/mol. The first kappa shape index (κ1) is 13.4. The second kappa shape index (κ2) is 5.63. The molecule has 1 rings (SSSR count). The molecule has 0 saturated heterocycles. The van der Waals surface area contributed by atoms with Crippen LogP contribution in [0.25, 0.3) is 6.08 Å². The average molecular weight is 243 g/mol. The van der Waals surface area contributed by atoms with Crippen molar-refractivity contribution in [1.29, 1.82) is 0 Å². The van der Waals surface area contributed by atoms with Crippen LogP contribution < -0.4 is 5.73 Å². The number of Topliss-reactive ketones (excluding diaryl/α,β-unsaturated/α-hetero) is 1. The van der Waals surface area contributed by atoms with Gasteiger partial charge >= 0.3 is 6.18 Å². The van der Waals surface area contributed by atoms with Crippen molar-refractivity contribution in [3.8, 4) is 0 Å². The summed E-state index contributed by atoms with van der Waals surface area (Å²) in [4.78, 5) is 10.9. The predicted octanol–water partition coefficient (Wildman–Crippen LogP) is 2.79. The summed E-state index contributed by atoms with van der Waals surface area (Å²) in [6.45, 7) is 0.515. The zero-order chi connectivity index (χ0) is 12.9. The monoisotopic (exact) mass is 243 g/mol. The highest BCUT2D eigenvalue weighted by Crippen LogP contribution is 2.21. The first-order chi connectivity index (χ1) is 7.95. The Kier molecular flexibility index (Phi) is 4.45. The zero-order valence-electron chi connectivity index (χ0n) is 9.00. The van der Waals surface area contributed by atoms with E-state index in [4.69, 9.17) is 5.73 Å². The minimum absolute atomic E-state index is 0.353. The minimum atomic E-state index is -4.82. The predicted molar refractivity (Wildman–Crippen MR) is 59.5 cm³/mol. The Bertz CT molecular complexity index is 407. The molecule has 5 heteroatoms. The van der Waals surface area contributed by atoms with Crippen molar-refractivity contribution in [2.45, 2.75) is 12.6 Å². The number of carbonyl (C=O) groups excluding carboxylic acids is 1. The fourth-order valence-electron chi connectivity index (χ4n) is 1.22. The zero-order valence-corrected chi connectivity index (χ0v) is 9.00. The fourth-order valence-corrected chi connectivity index (χ4v) is 1.22. The Hall–Kier alpha value is -1.62. The topological polar surface area (TPSA) is 43.1 Å². The molecule has 0 bridgehead atoms. The molecule has 0 saturated carbocycles. The van der Waals surface area contributed by atoms with Gasteiger partial charge < -0.3 is 5.73 Å². The van der Waals surface area contributed by atoms with E-state index in [2.05, 4.69) is 0 Å². The molecule has 0 amide bonds. The van der Waals surface area contributed by atoms with Crippen molar-refractivity contribution in [2.24, 2.45) is 5.73 Å². The SMILES string of the molecule is NCCC=Cc1ccc(C(=O)C(F)(F)F)cc1. The maximum absolute atomic E-state index is 12.1. The summed E-state index contributed by atoms with van der Waals surface area (Å²) in [5.74, 6) is -1.82. The van der Waals surface area contributed by atoms with Crippen molar-refractivity contribution in [3.63, 3.8) is 0 Å². The first-order valence-electron chi connectivity index (χ1n) is 5.03. The molecule has 2 nitrogen and oxygen atoms in total. The van der Waals surface area contributed by atoms with Crippen LogP contribution >= 0.6 is 0 Å². The third-order valence-electron chi connectivity index (χ3n) is 2.07. The van der Waals surface area contributed by atoms with Crippen LogP contribution in [0.15, 0.2) is 30.3 Å². The van der Waals surface area contributed by atoms with Crippen LogP contribution in [0.5, 0.6) is 0 Å². The van der Waals surface area contributed by atoms with Gasteiger partial charge in [0.25, 0.3) is 5.78 Å². The van der Waals surface area contributed by atoms with Gasteiger partial charge in [0, 0.05) is 5.56 Å². The Morgan fingerprint density at radius 2 is 1.82 bits per heavy atom. The van der Waals surface area contributed by atoms with E-state index in [-0.39, 0.29) is 5.56 Å². The van der Waals surface area contributed by atoms with Crippen molar-refractivity contribution >= 4 is 11.9 Å². The molecule has 0 unspecified atom stereocenters. The summed E-state index contributed by atoms with van der Waals surface area (Å²) < 4.78 is 36.3. The molecule has 0 aliphatic carbocycles. The second-order valence-corrected chi connectivity index (χ2v) is 3.43. The summed E-state index contributed by atoms with van der Waals surface area (Å²) in [6.07, 6.45) is -0.560. The van der Waals surface area contributed by atoms with Crippen LogP contribution in [-0.2, 0) is 0 Å². The molecule has 0 aliphatic heterocycles. The number of alkyl halides is 3. The van der Waals surface area contributed by atoms with Gasteiger partial charge in [0.15, 0.2) is 0 Å². The van der Waals surface area contributed by atoms with Gasteiger partial charge in [0.05, 0.1) is 0 Å². The van der Waals surface area contributed by atoms with Crippen LogP contribution in [0.3, 0.4) is 0 Å². The Labute approximate surface area is 96.9 Å². The summed E-state index contributed by atoms with van der Waals surface area (Å²) in [6, 6.07) is 5.26. The summed E-state index contributed by atoms with van der Waals surface area (Å²) >= 11 is 0. The number of ketones is 1. The molecule has 17 heavy (non-hydrogen) atoms. The van der Waals surface area contributed by atoms with E-state index in [1.54, 1.807) is 6.08 Å². The van der Waals surface area contributed by atoms with Gasteiger partial charge in [-0.15, -0.1) is 0 Å². The highest BCUT2D eigenvalue weighted by Gasteiger charge is 2.38. The number of halogens is 3. The molecule has 0 radical (unpaired) electrons. The lowest BCUT2D eigenvalue weighted by Gasteiger charge is -2.04. The molecule has 92 valence electrons. The van der Waals surface area contributed by atoms with Gasteiger partial charge in [-0.1, -0.05) is 36.4 Å². The lowest BCUT2D eigenvalue weighted by atomic mass is 10.1. The third kappa shape index (κ3) is 4.03. The summed E-state index contributed by atoms with van der Waals surface area (Å²) in [5, 5.41) is 0. The number of carbonyl (C=O) groups is 1. The maximum Gasteiger partial charge on any atom is 0.454 e. The minimum Gasteiger partial charge on any atom is -0.330 e. The average Bonchev–Trinajstić information content (AvgIpc) is 2.28. The van der Waals surface area contributed by atoms with E-state index in [1.807, 2.05) is 6.08 Å².